The Labute approximate surface area is 174 Å². The molecule has 9 heteroatoms. The lowest BCUT2D eigenvalue weighted by Crippen LogP contribution is -2.14. The second kappa shape index (κ2) is 6.60. The molecular formula is C21H22N6O2S. The third-order valence-electron chi connectivity index (χ3n) is 5.50. The van der Waals surface area contributed by atoms with Crippen LogP contribution >= 0.6 is 0 Å². The highest BCUT2D eigenvalue weighted by atomic mass is 32.2. The van der Waals surface area contributed by atoms with Crippen LogP contribution < -0.4 is 9.62 Å². The quantitative estimate of drug-likeness (QED) is 0.527. The van der Waals surface area contributed by atoms with Gasteiger partial charge in [-0.25, -0.2) is 4.98 Å². The van der Waals surface area contributed by atoms with Gasteiger partial charge in [-0.3, -0.25) is 9.40 Å². The van der Waals surface area contributed by atoms with Crippen molar-refractivity contribution in [2.45, 2.75) is 18.4 Å². The number of hydrogen-bond donors (Lipinski definition) is 2. The number of fused-ring (bicyclic) bond motifs is 2. The molecule has 0 fully saturated rings. The first kappa shape index (κ1) is 18.7. The number of hydrogen-bond acceptors (Lipinski definition) is 5. The highest BCUT2D eigenvalue weighted by Crippen LogP contribution is 2.38. The standard InChI is InChI=1S/C21H22N6O2S/c1-13-10-17(25-30(28,29)19-7-9-27(3)24-19)20-16(12-22-21(20)23-13)15-5-4-14-6-8-26(2)18(14)11-15/h4-5,7,9-12H,6,8H2,1-3H3,(H2,22,23,25). The van der Waals surface area contributed by atoms with Gasteiger partial charge in [0.2, 0.25) is 0 Å². The number of nitrogens with zero attached hydrogens (tertiary/aromatic N) is 4. The molecular weight excluding hydrogens is 400 g/mol. The Balaban J connectivity index is 1.65. The summed E-state index contributed by atoms with van der Waals surface area (Å²) in [6.07, 6.45) is 4.52. The fourth-order valence-electron chi connectivity index (χ4n) is 4.01. The predicted octanol–water partition coefficient (Wildman–Crippen LogP) is 3.06. The van der Waals surface area contributed by atoms with Gasteiger partial charge in [0.25, 0.3) is 10.0 Å². The molecule has 0 aliphatic carbocycles. The van der Waals surface area contributed by atoms with Gasteiger partial charge < -0.3 is 9.88 Å². The first-order chi connectivity index (χ1) is 14.3. The molecule has 1 aliphatic rings. The highest BCUT2D eigenvalue weighted by Gasteiger charge is 2.22. The van der Waals surface area contributed by atoms with Crippen LogP contribution in [0.5, 0.6) is 0 Å². The summed E-state index contributed by atoms with van der Waals surface area (Å²) in [5, 5.41) is 4.75. The van der Waals surface area contributed by atoms with Gasteiger partial charge in [-0.15, -0.1) is 0 Å². The van der Waals surface area contributed by atoms with Crippen LogP contribution in [0.25, 0.3) is 22.2 Å². The van der Waals surface area contributed by atoms with E-state index in [0.717, 1.165) is 29.5 Å². The molecule has 0 saturated carbocycles. The van der Waals surface area contributed by atoms with E-state index in [2.05, 4.69) is 49.9 Å². The zero-order chi connectivity index (χ0) is 21.0. The van der Waals surface area contributed by atoms with E-state index in [1.165, 1.54) is 22.0 Å². The van der Waals surface area contributed by atoms with Crippen LogP contribution in [0.1, 0.15) is 11.3 Å². The monoisotopic (exact) mass is 422 g/mol. The van der Waals surface area contributed by atoms with E-state index in [-0.39, 0.29) is 5.03 Å². The Kier molecular flexibility index (Phi) is 4.11. The van der Waals surface area contributed by atoms with Crippen molar-refractivity contribution in [3.05, 3.63) is 54.0 Å². The Morgan fingerprint density at radius 1 is 1.17 bits per heavy atom. The van der Waals surface area contributed by atoms with Gasteiger partial charge in [0.1, 0.15) is 5.65 Å². The number of aromatic nitrogens is 4. The van der Waals surface area contributed by atoms with Crippen molar-refractivity contribution in [1.29, 1.82) is 0 Å². The molecule has 4 heterocycles. The molecule has 4 aromatic rings. The van der Waals surface area contributed by atoms with Crippen molar-refractivity contribution in [3.8, 4) is 11.1 Å². The lowest BCUT2D eigenvalue weighted by molar-refractivity contribution is 0.593. The Hall–Kier alpha value is -3.33. The van der Waals surface area contributed by atoms with E-state index in [1.807, 2.05) is 13.1 Å². The summed E-state index contributed by atoms with van der Waals surface area (Å²) >= 11 is 0. The van der Waals surface area contributed by atoms with Crippen molar-refractivity contribution in [2.75, 3.05) is 23.2 Å². The Bertz CT molecular complexity index is 1390. The molecule has 0 amide bonds. The minimum Gasteiger partial charge on any atom is -0.374 e. The zero-order valence-electron chi connectivity index (χ0n) is 17.0. The fraction of sp³-hybridized carbons (Fsp3) is 0.238. The van der Waals surface area contributed by atoms with Gasteiger partial charge in [0, 0.05) is 50.0 Å². The van der Waals surface area contributed by atoms with Crippen molar-refractivity contribution in [3.63, 3.8) is 0 Å². The lowest BCUT2D eigenvalue weighted by Gasteiger charge is -2.14. The summed E-state index contributed by atoms with van der Waals surface area (Å²) in [5.41, 5.74) is 6.27. The van der Waals surface area contributed by atoms with E-state index in [4.69, 9.17) is 0 Å². The van der Waals surface area contributed by atoms with Gasteiger partial charge in [-0.05, 0) is 42.7 Å². The summed E-state index contributed by atoms with van der Waals surface area (Å²) < 4.78 is 30.0. The Morgan fingerprint density at radius 2 is 2.00 bits per heavy atom. The smallest absolute Gasteiger partial charge is 0.281 e. The topological polar surface area (TPSA) is 95.9 Å². The number of H-pyrrole nitrogens is 1. The average Bonchev–Trinajstić information content (AvgIpc) is 3.40. The molecule has 8 nitrogen and oxygen atoms in total. The third kappa shape index (κ3) is 3.02. The first-order valence-electron chi connectivity index (χ1n) is 9.67. The zero-order valence-corrected chi connectivity index (χ0v) is 17.8. The van der Waals surface area contributed by atoms with Gasteiger partial charge in [0.05, 0.1) is 11.1 Å². The largest absolute Gasteiger partial charge is 0.374 e. The second-order valence-corrected chi connectivity index (χ2v) is 9.31. The van der Waals surface area contributed by atoms with Crippen LogP contribution in [0.3, 0.4) is 0 Å². The molecule has 0 radical (unpaired) electrons. The van der Waals surface area contributed by atoms with Gasteiger partial charge in [-0.2, -0.15) is 13.5 Å². The van der Waals surface area contributed by atoms with Gasteiger partial charge in [-0.1, -0.05) is 12.1 Å². The number of nitrogens with one attached hydrogen (secondary N) is 2. The SMILES string of the molecule is Cc1cc(NS(=O)(=O)c2ccn(C)n2)c2c(-c3ccc4c(c3)N(C)CC4)c[nH]c2n1. The van der Waals surface area contributed by atoms with Crippen LogP contribution in [-0.4, -0.2) is 41.8 Å². The van der Waals surface area contributed by atoms with Gasteiger partial charge >= 0.3 is 0 Å². The van der Waals surface area contributed by atoms with Crippen molar-refractivity contribution in [1.82, 2.24) is 19.7 Å². The maximum Gasteiger partial charge on any atom is 0.281 e. The number of aromatic amines is 1. The summed E-state index contributed by atoms with van der Waals surface area (Å²) in [4.78, 5) is 9.99. The molecule has 0 unspecified atom stereocenters. The van der Waals surface area contributed by atoms with E-state index >= 15 is 0 Å². The number of pyridine rings is 1. The summed E-state index contributed by atoms with van der Waals surface area (Å²) in [7, 11) is -0.0588. The van der Waals surface area contributed by atoms with E-state index in [0.29, 0.717) is 17.0 Å². The second-order valence-electron chi connectivity index (χ2n) is 7.69. The number of aryl methyl sites for hydroxylation is 2. The summed E-state index contributed by atoms with van der Waals surface area (Å²) in [6, 6.07) is 9.60. The first-order valence-corrected chi connectivity index (χ1v) is 11.2. The molecule has 1 aromatic carbocycles. The van der Waals surface area contributed by atoms with Crippen LogP contribution in [0.4, 0.5) is 11.4 Å². The lowest BCUT2D eigenvalue weighted by atomic mass is 10.0. The van der Waals surface area contributed by atoms with Crippen LogP contribution in [0.2, 0.25) is 0 Å². The molecule has 5 rings (SSSR count). The molecule has 0 spiro atoms. The normalized spacial score (nSPS) is 13.8. The maximum absolute atomic E-state index is 12.9. The van der Waals surface area contributed by atoms with Gasteiger partial charge in [0.15, 0.2) is 5.03 Å². The minimum atomic E-state index is -3.83. The highest BCUT2D eigenvalue weighted by molar-refractivity contribution is 7.92. The summed E-state index contributed by atoms with van der Waals surface area (Å²) in [5.74, 6) is 0. The number of rotatable bonds is 4. The molecule has 0 bridgehead atoms. The summed E-state index contributed by atoms with van der Waals surface area (Å²) in [6.45, 7) is 2.84. The molecule has 1 aliphatic heterocycles. The van der Waals surface area contributed by atoms with E-state index in [1.54, 1.807) is 19.3 Å². The molecule has 30 heavy (non-hydrogen) atoms. The molecule has 0 saturated heterocycles. The minimum absolute atomic E-state index is 0.0242. The van der Waals surface area contributed by atoms with Crippen molar-refractivity contribution in [2.24, 2.45) is 7.05 Å². The van der Waals surface area contributed by atoms with Crippen LogP contribution in [0.15, 0.2) is 47.8 Å². The fourth-order valence-corrected chi connectivity index (χ4v) is 5.04. The molecule has 2 N–H and O–H groups in total. The van der Waals surface area contributed by atoms with Crippen molar-refractivity contribution < 1.29 is 8.42 Å². The maximum atomic E-state index is 12.9. The molecule has 3 aromatic heterocycles. The Morgan fingerprint density at radius 3 is 2.77 bits per heavy atom. The number of likely N-dealkylation sites (N-methyl/N-ethyl adjacent to an activating group) is 1. The molecule has 0 atom stereocenters. The molecule has 154 valence electrons. The number of anilines is 2. The number of sulfonamides is 1. The van der Waals surface area contributed by atoms with Crippen LogP contribution in [-0.2, 0) is 23.5 Å². The average molecular weight is 423 g/mol. The predicted molar refractivity (Wildman–Crippen MR) is 117 cm³/mol. The third-order valence-corrected chi connectivity index (χ3v) is 6.76. The van der Waals surface area contributed by atoms with Crippen molar-refractivity contribution >= 4 is 32.4 Å². The van der Waals surface area contributed by atoms with E-state index in [9.17, 15) is 8.42 Å². The van der Waals surface area contributed by atoms with Crippen LogP contribution in [0, 0.1) is 6.92 Å². The van der Waals surface area contributed by atoms with E-state index < -0.39 is 10.0 Å². The number of benzene rings is 1.